The summed E-state index contributed by atoms with van der Waals surface area (Å²) in [7, 11) is 3.65. The standard InChI is InChI=1S/C15H14N4O2/c1-18-5-3-10(13(20)8-18)12-7-16-15(17-12)11-4-6-19(2)9-14(11)21/h3-9H,1-2H3,(H-,17,20,21)/p+1. The maximum absolute atomic E-state index is 9.97. The van der Waals surface area contributed by atoms with Crippen LogP contribution in [-0.2, 0) is 7.05 Å². The van der Waals surface area contributed by atoms with Gasteiger partial charge in [0.25, 0.3) is 0 Å². The Labute approximate surface area is 122 Å². The number of nitrogens with zero attached hydrogens (tertiary/aromatic N) is 4. The number of hydrogen-bond acceptors (Lipinski definition) is 5. The number of aliphatic imine (C=N–C) groups is 2. The highest BCUT2D eigenvalue weighted by atomic mass is 16.3. The van der Waals surface area contributed by atoms with Gasteiger partial charge in [0.1, 0.15) is 12.8 Å². The van der Waals surface area contributed by atoms with E-state index in [2.05, 4.69) is 9.98 Å². The first kappa shape index (κ1) is 13.1. The molecule has 1 aromatic heterocycles. The van der Waals surface area contributed by atoms with Crippen molar-refractivity contribution in [2.45, 2.75) is 0 Å². The molecule has 21 heavy (non-hydrogen) atoms. The quantitative estimate of drug-likeness (QED) is 0.760. The Morgan fingerprint density at radius 2 is 2.10 bits per heavy atom. The third kappa shape index (κ3) is 2.43. The number of rotatable bonds is 1. The van der Waals surface area contributed by atoms with Crippen molar-refractivity contribution < 1.29 is 14.8 Å². The van der Waals surface area contributed by atoms with E-state index in [1.54, 1.807) is 40.2 Å². The lowest BCUT2D eigenvalue weighted by atomic mass is 10.1. The van der Waals surface area contributed by atoms with Gasteiger partial charge < -0.3 is 15.1 Å². The van der Waals surface area contributed by atoms with Crippen LogP contribution in [0.25, 0.3) is 0 Å². The van der Waals surface area contributed by atoms with E-state index in [9.17, 15) is 10.2 Å². The highest BCUT2D eigenvalue weighted by molar-refractivity contribution is 6.40. The van der Waals surface area contributed by atoms with E-state index in [1.807, 2.05) is 26.5 Å². The normalized spacial score (nSPS) is 20.8. The van der Waals surface area contributed by atoms with Crippen LogP contribution in [0.4, 0.5) is 0 Å². The predicted molar refractivity (Wildman–Crippen MR) is 79.0 cm³/mol. The SMILES string of the molecule is CN1C=C/C(=C2/N=CC(c3cc[n+](C)cc3O)=N2)C(O)=C1. The number of aliphatic hydroxyl groups is 1. The summed E-state index contributed by atoms with van der Waals surface area (Å²) in [5.41, 5.74) is 1.73. The molecule has 0 aromatic carbocycles. The van der Waals surface area contributed by atoms with Gasteiger partial charge in [0.2, 0.25) is 6.20 Å². The van der Waals surface area contributed by atoms with E-state index in [-0.39, 0.29) is 11.5 Å². The first-order valence-corrected chi connectivity index (χ1v) is 6.41. The summed E-state index contributed by atoms with van der Waals surface area (Å²) in [6.45, 7) is 0. The van der Waals surface area contributed by atoms with E-state index in [0.29, 0.717) is 22.7 Å². The lowest BCUT2D eigenvalue weighted by Gasteiger charge is -2.15. The third-order valence-electron chi connectivity index (χ3n) is 3.21. The van der Waals surface area contributed by atoms with Crippen LogP contribution in [0.1, 0.15) is 5.56 Å². The van der Waals surface area contributed by atoms with Crippen LogP contribution in [0, 0.1) is 0 Å². The van der Waals surface area contributed by atoms with Crippen LogP contribution in [0.15, 0.2) is 64.1 Å². The molecule has 6 heteroatoms. The van der Waals surface area contributed by atoms with Crippen molar-refractivity contribution in [1.82, 2.24) is 4.90 Å². The van der Waals surface area contributed by atoms with Gasteiger partial charge in [-0.3, -0.25) is 0 Å². The van der Waals surface area contributed by atoms with Gasteiger partial charge >= 0.3 is 0 Å². The Morgan fingerprint density at radius 1 is 1.29 bits per heavy atom. The molecule has 0 radical (unpaired) electrons. The zero-order valence-electron chi connectivity index (χ0n) is 11.7. The Hall–Kier alpha value is -2.89. The van der Waals surface area contributed by atoms with Gasteiger partial charge in [-0.25, -0.2) is 14.6 Å². The summed E-state index contributed by atoms with van der Waals surface area (Å²) in [6.07, 6.45) is 10.2. The van der Waals surface area contributed by atoms with E-state index in [1.165, 1.54) is 0 Å². The van der Waals surface area contributed by atoms with Crippen molar-refractivity contribution in [2.24, 2.45) is 17.0 Å². The Bertz CT molecular complexity index is 757. The molecule has 0 spiro atoms. The number of aromatic nitrogens is 1. The lowest BCUT2D eigenvalue weighted by Crippen LogP contribution is -2.26. The first-order valence-electron chi connectivity index (χ1n) is 6.41. The van der Waals surface area contributed by atoms with Gasteiger partial charge in [-0.15, -0.1) is 0 Å². The molecule has 0 unspecified atom stereocenters. The van der Waals surface area contributed by atoms with Crippen molar-refractivity contribution in [2.75, 3.05) is 7.05 Å². The van der Waals surface area contributed by atoms with Crippen LogP contribution < -0.4 is 4.57 Å². The summed E-state index contributed by atoms with van der Waals surface area (Å²) < 4.78 is 1.75. The molecule has 6 nitrogen and oxygen atoms in total. The van der Waals surface area contributed by atoms with Gasteiger partial charge in [-0.05, 0) is 6.08 Å². The van der Waals surface area contributed by atoms with Crippen LogP contribution in [0.3, 0.4) is 0 Å². The number of allylic oxidation sites excluding steroid dienone is 1. The summed E-state index contributed by atoms with van der Waals surface area (Å²) in [4.78, 5) is 10.3. The van der Waals surface area contributed by atoms with Crippen LogP contribution in [0.2, 0.25) is 0 Å². The summed E-state index contributed by atoms with van der Waals surface area (Å²) in [5, 5.41) is 19.9. The zero-order chi connectivity index (χ0) is 15.0. The van der Waals surface area contributed by atoms with Crippen LogP contribution >= 0.6 is 0 Å². The minimum absolute atomic E-state index is 0.112. The molecule has 0 saturated heterocycles. The molecule has 106 valence electrons. The molecule has 2 aliphatic heterocycles. The van der Waals surface area contributed by atoms with Crippen molar-refractivity contribution in [3.05, 3.63) is 59.7 Å². The summed E-state index contributed by atoms with van der Waals surface area (Å²) >= 11 is 0. The minimum atomic E-state index is 0.112. The Morgan fingerprint density at radius 3 is 2.81 bits per heavy atom. The molecule has 1 aromatic rings. The Balaban J connectivity index is 2.01. The second-order valence-electron chi connectivity index (χ2n) is 4.90. The molecule has 2 aliphatic rings. The van der Waals surface area contributed by atoms with Crippen molar-refractivity contribution in [1.29, 1.82) is 0 Å². The molecule has 3 heterocycles. The average molecular weight is 283 g/mol. The molecule has 0 amide bonds. The van der Waals surface area contributed by atoms with E-state index in [0.717, 1.165) is 0 Å². The second-order valence-corrected chi connectivity index (χ2v) is 4.90. The zero-order valence-corrected chi connectivity index (χ0v) is 11.7. The molecule has 0 fully saturated rings. The van der Waals surface area contributed by atoms with Gasteiger partial charge in [0.15, 0.2) is 17.8 Å². The molecule has 0 bridgehead atoms. The molecule has 0 atom stereocenters. The largest absolute Gasteiger partial charge is 0.506 e. The van der Waals surface area contributed by atoms with Gasteiger partial charge in [0.05, 0.1) is 23.1 Å². The smallest absolute Gasteiger partial charge is 0.211 e. The number of pyridine rings is 1. The second kappa shape index (κ2) is 4.90. The average Bonchev–Trinajstić information content (AvgIpc) is 2.87. The minimum Gasteiger partial charge on any atom is -0.506 e. The van der Waals surface area contributed by atoms with Gasteiger partial charge in [-0.1, -0.05) is 0 Å². The van der Waals surface area contributed by atoms with Crippen molar-refractivity contribution >= 4 is 11.9 Å². The fourth-order valence-corrected chi connectivity index (χ4v) is 2.13. The Kier molecular flexibility index (Phi) is 3.06. The highest BCUT2D eigenvalue weighted by Gasteiger charge is 2.19. The molecular formula is C15H15N4O2+. The monoisotopic (exact) mass is 283 g/mol. The maximum Gasteiger partial charge on any atom is 0.211 e. The maximum atomic E-state index is 9.97. The highest BCUT2D eigenvalue weighted by Crippen LogP contribution is 2.25. The summed E-state index contributed by atoms with van der Waals surface area (Å²) in [6, 6.07) is 1.77. The number of aliphatic hydroxyl groups excluding tert-OH is 1. The number of aryl methyl sites for hydroxylation is 1. The summed E-state index contributed by atoms with van der Waals surface area (Å²) in [5.74, 6) is 0.673. The van der Waals surface area contributed by atoms with E-state index >= 15 is 0 Å². The van der Waals surface area contributed by atoms with Gasteiger partial charge in [0, 0.05) is 25.5 Å². The fourth-order valence-electron chi connectivity index (χ4n) is 2.13. The first-order chi connectivity index (χ1) is 10.0. The number of aromatic hydroxyl groups is 1. The predicted octanol–water partition coefficient (Wildman–Crippen LogP) is 1.16. The van der Waals surface area contributed by atoms with E-state index in [4.69, 9.17) is 0 Å². The van der Waals surface area contributed by atoms with Crippen LogP contribution in [-0.4, -0.2) is 34.1 Å². The van der Waals surface area contributed by atoms with Gasteiger partial charge in [-0.2, -0.15) is 0 Å². The van der Waals surface area contributed by atoms with Crippen molar-refractivity contribution in [3.8, 4) is 5.75 Å². The molecule has 3 rings (SSSR count). The third-order valence-corrected chi connectivity index (χ3v) is 3.21. The molecule has 0 saturated carbocycles. The molecular weight excluding hydrogens is 268 g/mol. The topological polar surface area (TPSA) is 72.3 Å². The van der Waals surface area contributed by atoms with Crippen molar-refractivity contribution in [3.63, 3.8) is 0 Å². The fraction of sp³-hybridized carbons (Fsp3) is 0.133. The lowest BCUT2D eigenvalue weighted by molar-refractivity contribution is -0.671. The molecule has 2 N–H and O–H groups in total. The van der Waals surface area contributed by atoms with Crippen LogP contribution in [0.5, 0.6) is 5.75 Å². The number of hydrogen-bond donors (Lipinski definition) is 2. The molecule has 0 aliphatic carbocycles. The van der Waals surface area contributed by atoms with E-state index < -0.39 is 0 Å².